The highest BCUT2D eigenvalue weighted by atomic mass is 19.4. The van der Waals surface area contributed by atoms with Crippen LogP contribution in [-0.2, 0) is 0 Å². The molecule has 0 saturated carbocycles. The van der Waals surface area contributed by atoms with E-state index in [9.17, 15) is 18.0 Å². The van der Waals surface area contributed by atoms with Gasteiger partial charge in [-0.1, -0.05) is 25.0 Å². The molecule has 25 heavy (non-hydrogen) atoms. The van der Waals surface area contributed by atoms with E-state index in [-0.39, 0.29) is 0 Å². The predicted molar refractivity (Wildman–Crippen MR) is 91.9 cm³/mol. The number of nitrogens with zero attached hydrogens (tertiary/aromatic N) is 2. The van der Waals surface area contributed by atoms with Crippen LogP contribution < -0.4 is 15.6 Å². The van der Waals surface area contributed by atoms with Gasteiger partial charge in [-0.3, -0.25) is 0 Å². The maximum absolute atomic E-state index is 12.0. The van der Waals surface area contributed by atoms with Gasteiger partial charge < -0.3 is 10.2 Å². The van der Waals surface area contributed by atoms with E-state index in [0.717, 1.165) is 24.3 Å². The van der Waals surface area contributed by atoms with Crippen LogP contribution in [-0.4, -0.2) is 37.6 Å². The van der Waals surface area contributed by atoms with Crippen molar-refractivity contribution in [2.24, 2.45) is 5.10 Å². The maximum atomic E-state index is 12.0. The molecular formula is C17H23F3N4O. The van der Waals surface area contributed by atoms with Crippen molar-refractivity contribution < 1.29 is 18.0 Å². The van der Waals surface area contributed by atoms with Gasteiger partial charge in [0.1, 0.15) is 6.54 Å². The fraction of sp³-hybridized carbons (Fsp3) is 0.529. The van der Waals surface area contributed by atoms with Crippen molar-refractivity contribution in [2.75, 3.05) is 24.5 Å². The average Bonchev–Trinajstić information content (AvgIpc) is 2.86. The number of hydrazone groups is 1. The lowest BCUT2D eigenvalue weighted by atomic mass is 10.1. The van der Waals surface area contributed by atoms with Crippen LogP contribution in [0.25, 0.3) is 0 Å². The highest BCUT2D eigenvalue weighted by Gasteiger charge is 2.27. The first-order chi connectivity index (χ1) is 11.8. The van der Waals surface area contributed by atoms with Crippen LogP contribution in [0.3, 0.4) is 0 Å². The quantitative estimate of drug-likeness (QED) is 0.639. The van der Waals surface area contributed by atoms with Crippen molar-refractivity contribution >= 4 is 17.4 Å². The zero-order chi connectivity index (χ0) is 18.3. The Morgan fingerprint density at radius 2 is 1.72 bits per heavy atom. The van der Waals surface area contributed by atoms with Crippen LogP contribution in [0.1, 0.15) is 38.2 Å². The molecule has 5 nitrogen and oxygen atoms in total. The minimum atomic E-state index is -4.45. The molecule has 2 N–H and O–H groups in total. The van der Waals surface area contributed by atoms with Crippen molar-refractivity contribution in [3.05, 3.63) is 29.8 Å². The molecule has 1 aliphatic rings. The molecule has 2 amide bonds. The van der Waals surface area contributed by atoms with Crippen LogP contribution in [0, 0.1) is 0 Å². The van der Waals surface area contributed by atoms with E-state index < -0.39 is 18.8 Å². The summed E-state index contributed by atoms with van der Waals surface area (Å²) in [7, 11) is 0. The van der Waals surface area contributed by atoms with E-state index in [2.05, 4.69) is 15.4 Å². The second-order valence-electron chi connectivity index (χ2n) is 6.06. The van der Waals surface area contributed by atoms with E-state index in [1.54, 1.807) is 12.2 Å². The van der Waals surface area contributed by atoms with Crippen LogP contribution in [0.4, 0.5) is 23.7 Å². The minimum absolute atomic E-state index is 0.518. The van der Waals surface area contributed by atoms with Crippen LogP contribution in [0.5, 0.6) is 0 Å². The van der Waals surface area contributed by atoms with Gasteiger partial charge >= 0.3 is 12.2 Å². The van der Waals surface area contributed by atoms with Crippen molar-refractivity contribution in [1.82, 2.24) is 10.7 Å². The molecule has 0 aliphatic carbocycles. The van der Waals surface area contributed by atoms with Crippen molar-refractivity contribution in [2.45, 2.75) is 38.8 Å². The van der Waals surface area contributed by atoms with Crippen LogP contribution >= 0.6 is 0 Å². The lowest BCUT2D eigenvalue weighted by Gasteiger charge is -2.22. The van der Waals surface area contributed by atoms with Gasteiger partial charge in [0.15, 0.2) is 0 Å². The molecule has 138 valence electrons. The average molecular weight is 356 g/mol. The zero-order valence-corrected chi connectivity index (χ0v) is 14.2. The largest absolute Gasteiger partial charge is 0.405 e. The molecule has 1 aliphatic heterocycles. The summed E-state index contributed by atoms with van der Waals surface area (Å²) in [5.41, 5.74) is 4.53. The highest BCUT2D eigenvalue weighted by Crippen LogP contribution is 2.20. The molecule has 2 rings (SSSR count). The third kappa shape index (κ3) is 6.64. The van der Waals surface area contributed by atoms with Gasteiger partial charge in [0.25, 0.3) is 0 Å². The third-order valence-electron chi connectivity index (χ3n) is 4.03. The standard InChI is InChI=1S/C17H23F3N4O/c1-13(22-23-16(25)21-12-17(18,19)20)14-6-8-15(9-7-14)24-10-4-2-3-5-11-24/h6-9H,2-5,10-12H2,1H3,(H2,21,23,25)/b22-13+. The molecule has 1 fully saturated rings. The number of carbonyl (C=O) groups is 1. The molecule has 1 aromatic carbocycles. The molecule has 1 saturated heterocycles. The van der Waals surface area contributed by atoms with E-state index in [1.165, 1.54) is 25.7 Å². The van der Waals surface area contributed by atoms with Gasteiger partial charge in [-0.25, -0.2) is 10.2 Å². The lowest BCUT2D eigenvalue weighted by Crippen LogP contribution is -2.39. The predicted octanol–water partition coefficient (Wildman–Crippen LogP) is 3.65. The maximum Gasteiger partial charge on any atom is 0.405 e. The van der Waals surface area contributed by atoms with Gasteiger partial charge in [0.2, 0.25) is 0 Å². The first-order valence-electron chi connectivity index (χ1n) is 8.35. The Balaban J connectivity index is 1.90. The SMILES string of the molecule is C/C(=N\NC(=O)NCC(F)(F)F)c1ccc(N2CCCCCC2)cc1. The fourth-order valence-electron chi connectivity index (χ4n) is 2.66. The Hall–Kier alpha value is -2.25. The number of benzene rings is 1. The summed E-state index contributed by atoms with van der Waals surface area (Å²) in [4.78, 5) is 13.6. The van der Waals surface area contributed by atoms with E-state index in [1.807, 2.05) is 24.3 Å². The first kappa shape index (κ1) is 19.1. The summed E-state index contributed by atoms with van der Waals surface area (Å²) in [6.07, 6.45) is 0.475. The van der Waals surface area contributed by atoms with Gasteiger partial charge in [0.05, 0.1) is 5.71 Å². The van der Waals surface area contributed by atoms with E-state index in [4.69, 9.17) is 0 Å². The number of amides is 2. The fourth-order valence-corrected chi connectivity index (χ4v) is 2.66. The monoisotopic (exact) mass is 356 g/mol. The molecule has 0 bridgehead atoms. The summed E-state index contributed by atoms with van der Waals surface area (Å²) >= 11 is 0. The van der Waals surface area contributed by atoms with Gasteiger partial charge in [-0.2, -0.15) is 18.3 Å². The first-order valence-corrected chi connectivity index (χ1v) is 8.35. The summed E-state index contributed by atoms with van der Waals surface area (Å²) in [5, 5.41) is 5.52. The molecule has 0 spiro atoms. The third-order valence-corrected chi connectivity index (χ3v) is 4.03. The topological polar surface area (TPSA) is 56.7 Å². The smallest absolute Gasteiger partial charge is 0.372 e. The molecule has 1 heterocycles. The lowest BCUT2D eigenvalue weighted by molar-refractivity contribution is -0.122. The second kappa shape index (κ2) is 8.73. The van der Waals surface area contributed by atoms with E-state index >= 15 is 0 Å². The normalized spacial score (nSPS) is 16.3. The Bertz CT molecular complexity index is 591. The van der Waals surface area contributed by atoms with Crippen molar-refractivity contribution in [3.63, 3.8) is 0 Å². The molecule has 0 radical (unpaired) electrons. The number of alkyl halides is 3. The van der Waals surface area contributed by atoms with Gasteiger partial charge in [-0.05, 0) is 37.5 Å². The molecule has 1 aromatic rings. The van der Waals surface area contributed by atoms with Crippen molar-refractivity contribution in [3.8, 4) is 0 Å². The van der Waals surface area contributed by atoms with E-state index in [0.29, 0.717) is 5.71 Å². The minimum Gasteiger partial charge on any atom is -0.372 e. The molecule has 0 aromatic heterocycles. The number of halogens is 3. The molecular weight excluding hydrogens is 333 g/mol. The number of nitrogens with one attached hydrogen (secondary N) is 2. The highest BCUT2D eigenvalue weighted by molar-refractivity contribution is 5.99. The number of hydrogen-bond donors (Lipinski definition) is 2. The molecule has 0 unspecified atom stereocenters. The van der Waals surface area contributed by atoms with Gasteiger partial charge in [0, 0.05) is 18.8 Å². The zero-order valence-electron chi connectivity index (χ0n) is 14.2. The second-order valence-corrected chi connectivity index (χ2v) is 6.06. The molecule has 8 heteroatoms. The number of hydrogen-bond acceptors (Lipinski definition) is 3. The van der Waals surface area contributed by atoms with Gasteiger partial charge in [-0.15, -0.1) is 0 Å². The number of anilines is 1. The summed E-state index contributed by atoms with van der Waals surface area (Å²) in [6.45, 7) is 2.39. The van der Waals surface area contributed by atoms with Crippen molar-refractivity contribution in [1.29, 1.82) is 0 Å². The van der Waals surface area contributed by atoms with Crippen LogP contribution in [0.2, 0.25) is 0 Å². The number of rotatable bonds is 4. The molecule has 0 atom stereocenters. The summed E-state index contributed by atoms with van der Waals surface area (Å²) in [6, 6.07) is 6.81. The summed E-state index contributed by atoms with van der Waals surface area (Å²) < 4.78 is 36.0. The Morgan fingerprint density at radius 1 is 1.12 bits per heavy atom. The van der Waals surface area contributed by atoms with Crippen LogP contribution in [0.15, 0.2) is 29.4 Å². The Kier molecular flexibility index (Phi) is 6.66. The number of carbonyl (C=O) groups excluding carboxylic acids is 1. The Labute approximate surface area is 145 Å². The summed E-state index contributed by atoms with van der Waals surface area (Å²) in [5.74, 6) is 0. The Morgan fingerprint density at radius 3 is 2.28 bits per heavy atom. The number of urea groups is 1.